The van der Waals surface area contributed by atoms with E-state index in [0.29, 0.717) is 0 Å². The Labute approximate surface area is 101 Å². The summed E-state index contributed by atoms with van der Waals surface area (Å²) < 4.78 is 36.0. The summed E-state index contributed by atoms with van der Waals surface area (Å²) in [5.41, 5.74) is -0.619. The fourth-order valence-electron chi connectivity index (χ4n) is 1.34. The fraction of sp³-hybridized carbons (Fsp3) is 0.0833. The van der Waals surface area contributed by atoms with E-state index >= 15 is 0 Å². The van der Waals surface area contributed by atoms with Gasteiger partial charge in [-0.25, -0.2) is 19.2 Å². The van der Waals surface area contributed by atoms with Crippen LogP contribution < -0.4 is 0 Å². The first kappa shape index (κ1) is 7.89. The van der Waals surface area contributed by atoms with Crippen LogP contribution in [0.15, 0.2) is 30.5 Å². The molecule has 0 fully saturated rings. The van der Waals surface area contributed by atoms with Gasteiger partial charge in [-0.05, 0) is 24.5 Å². The predicted molar refractivity (Wildman–Crippen MR) is 59.1 cm³/mol. The summed E-state index contributed by atoms with van der Waals surface area (Å²) in [4.78, 5) is 18.0. The standard InChI is InChI=1S/C12H9FN2O2/c1-7-6-14-11(12(16)17)15-10(7)8-4-2-3-5-9(8)13/h2-6H,1H3,(H,16,17)/i1D3. The van der Waals surface area contributed by atoms with E-state index in [1.54, 1.807) is 0 Å². The third-order valence-corrected chi connectivity index (χ3v) is 2.11. The Hall–Kier alpha value is -2.30. The lowest BCUT2D eigenvalue weighted by atomic mass is 10.1. The Morgan fingerprint density at radius 1 is 1.47 bits per heavy atom. The number of halogens is 1. The summed E-state index contributed by atoms with van der Waals surface area (Å²) in [7, 11) is 0. The smallest absolute Gasteiger partial charge is 0.373 e. The number of nitrogens with zero attached hydrogens (tertiary/aromatic N) is 2. The van der Waals surface area contributed by atoms with E-state index in [1.807, 2.05) is 0 Å². The van der Waals surface area contributed by atoms with Crippen LogP contribution in [0.1, 0.15) is 20.3 Å². The van der Waals surface area contributed by atoms with Crippen molar-refractivity contribution in [3.05, 3.63) is 47.7 Å². The summed E-state index contributed by atoms with van der Waals surface area (Å²) in [6.45, 7) is -2.57. The third-order valence-electron chi connectivity index (χ3n) is 2.11. The van der Waals surface area contributed by atoms with Crippen LogP contribution >= 0.6 is 0 Å². The van der Waals surface area contributed by atoms with E-state index < -0.39 is 24.5 Å². The summed E-state index contributed by atoms with van der Waals surface area (Å²) in [5, 5.41) is 8.86. The fourth-order valence-corrected chi connectivity index (χ4v) is 1.34. The minimum Gasteiger partial charge on any atom is -0.475 e. The van der Waals surface area contributed by atoms with E-state index in [4.69, 9.17) is 9.22 Å². The first-order valence-electron chi connectivity index (χ1n) is 6.16. The second kappa shape index (κ2) is 4.29. The van der Waals surface area contributed by atoms with E-state index in [0.717, 1.165) is 12.3 Å². The molecule has 1 aromatic carbocycles. The van der Waals surface area contributed by atoms with Crippen LogP contribution in [0.4, 0.5) is 4.39 Å². The molecule has 2 rings (SSSR count). The summed E-state index contributed by atoms with van der Waals surface area (Å²) in [6, 6.07) is 5.41. The minimum absolute atomic E-state index is 0.0801. The van der Waals surface area contributed by atoms with Crippen LogP contribution in [-0.4, -0.2) is 21.0 Å². The number of aromatic nitrogens is 2. The lowest BCUT2D eigenvalue weighted by Gasteiger charge is -2.06. The largest absolute Gasteiger partial charge is 0.475 e. The third kappa shape index (κ3) is 2.13. The second-order valence-corrected chi connectivity index (χ2v) is 3.24. The number of hydrogen-bond acceptors (Lipinski definition) is 3. The van der Waals surface area contributed by atoms with Gasteiger partial charge >= 0.3 is 5.97 Å². The van der Waals surface area contributed by atoms with Crippen molar-refractivity contribution in [1.29, 1.82) is 0 Å². The average Bonchev–Trinajstić information content (AvgIpc) is 2.37. The van der Waals surface area contributed by atoms with Crippen molar-refractivity contribution in [3.63, 3.8) is 0 Å². The maximum atomic E-state index is 13.8. The second-order valence-electron chi connectivity index (χ2n) is 3.24. The van der Waals surface area contributed by atoms with E-state index in [1.165, 1.54) is 18.2 Å². The van der Waals surface area contributed by atoms with Gasteiger partial charge in [0.2, 0.25) is 5.82 Å². The first-order chi connectivity index (χ1) is 9.30. The van der Waals surface area contributed by atoms with Crippen LogP contribution in [0.25, 0.3) is 11.3 Å². The Balaban J connectivity index is 2.74. The number of rotatable bonds is 2. The molecule has 0 bridgehead atoms. The number of benzene rings is 1. The zero-order valence-electron chi connectivity index (χ0n) is 11.5. The highest BCUT2D eigenvalue weighted by Crippen LogP contribution is 2.23. The Morgan fingerprint density at radius 3 is 2.88 bits per heavy atom. The van der Waals surface area contributed by atoms with Gasteiger partial charge in [0.25, 0.3) is 0 Å². The zero-order valence-corrected chi connectivity index (χ0v) is 8.51. The molecule has 0 amide bonds. The normalized spacial score (nSPS) is 13.6. The van der Waals surface area contributed by atoms with Crippen molar-refractivity contribution in [2.75, 3.05) is 0 Å². The molecule has 0 aliphatic carbocycles. The first-order valence-corrected chi connectivity index (χ1v) is 4.66. The van der Waals surface area contributed by atoms with Crippen molar-refractivity contribution in [3.8, 4) is 11.3 Å². The van der Waals surface area contributed by atoms with Gasteiger partial charge in [-0.1, -0.05) is 12.1 Å². The van der Waals surface area contributed by atoms with Crippen molar-refractivity contribution < 1.29 is 18.4 Å². The predicted octanol–water partition coefficient (Wildman–Crippen LogP) is 2.29. The lowest BCUT2D eigenvalue weighted by molar-refractivity contribution is 0.0683. The molecule has 0 saturated carbocycles. The van der Waals surface area contributed by atoms with Gasteiger partial charge in [-0.3, -0.25) is 0 Å². The molecule has 0 unspecified atom stereocenters. The monoisotopic (exact) mass is 235 g/mol. The van der Waals surface area contributed by atoms with E-state index in [2.05, 4.69) is 9.97 Å². The maximum Gasteiger partial charge on any atom is 0.373 e. The molecule has 1 N–H and O–H groups in total. The molecule has 4 nitrogen and oxygen atoms in total. The molecule has 17 heavy (non-hydrogen) atoms. The highest BCUT2D eigenvalue weighted by atomic mass is 19.1. The molecule has 1 heterocycles. The van der Waals surface area contributed by atoms with Crippen molar-refractivity contribution >= 4 is 5.97 Å². The zero-order chi connectivity index (χ0) is 14.9. The van der Waals surface area contributed by atoms with Crippen LogP contribution in [0.2, 0.25) is 0 Å². The minimum atomic E-state index is -2.57. The molecule has 0 radical (unpaired) electrons. The van der Waals surface area contributed by atoms with Gasteiger partial charge in [0.05, 0.1) is 5.69 Å². The molecule has 2 aromatic rings. The highest BCUT2D eigenvalue weighted by molar-refractivity contribution is 5.84. The summed E-state index contributed by atoms with van der Waals surface area (Å²) >= 11 is 0. The molecule has 86 valence electrons. The van der Waals surface area contributed by atoms with Crippen LogP contribution in [0, 0.1) is 12.7 Å². The quantitative estimate of drug-likeness (QED) is 0.867. The molecular weight excluding hydrogens is 223 g/mol. The number of aryl methyl sites for hydroxylation is 1. The number of aromatic carboxylic acids is 1. The van der Waals surface area contributed by atoms with Crippen LogP contribution in [0.5, 0.6) is 0 Å². The average molecular weight is 235 g/mol. The molecule has 5 heteroatoms. The Bertz CT molecular complexity index is 674. The van der Waals surface area contributed by atoms with E-state index in [-0.39, 0.29) is 16.8 Å². The molecule has 0 aliphatic heterocycles. The van der Waals surface area contributed by atoms with Gasteiger partial charge in [0, 0.05) is 15.9 Å². The van der Waals surface area contributed by atoms with Gasteiger partial charge in [0.1, 0.15) is 5.82 Å². The number of carbonyl (C=O) groups is 1. The van der Waals surface area contributed by atoms with Crippen molar-refractivity contribution in [1.82, 2.24) is 9.97 Å². The Morgan fingerprint density at radius 2 is 2.24 bits per heavy atom. The highest BCUT2D eigenvalue weighted by Gasteiger charge is 2.13. The molecule has 0 atom stereocenters. The van der Waals surface area contributed by atoms with Gasteiger partial charge < -0.3 is 5.11 Å². The lowest BCUT2D eigenvalue weighted by Crippen LogP contribution is -2.06. The number of carboxylic acid groups (broad SMARTS) is 1. The molecular formula is C12H9FN2O2. The maximum absolute atomic E-state index is 13.8. The molecule has 0 spiro atoms. The number of hydrogen-bond donors (Lipinski definition) is 1. The molecule has 1 aromatic heterocycles. The van der Waals surface area contributed by atoms with Crippen LogP contribution in [-0.2, 0) is 0 Å². The van der Waals surface area contributed by atoms with Gasteiger partial charge in [-0.15, -0.1) is 0 Å². The molecule has 0 saturated heterocycles. The van der Waals surface area contributed by atoms with Gasteiger partial charge in [0.15, 0.2) is 0 Å². The molecule has 0 aliphatic rings. The van der Waals surface area contributed by atoms with E-state index in [9.17, 15) is 9.18 Å². The summed E-state index contributed by atoms with van der Waals surface area (Å²) in [5.74, 6) is -2.69. The Kier molecular flexibility index (Phi) is 1.99. The van der Waals surface area contributed by atoms with Crippen molar-refractivity contribution in [2.45, 2.75) is 6.85 Å². The number of carboxylic acids is 1. The topological polar surface area (TPSA) is 63.1 Å². The van der Waals surface area contributed by atoms with Crippen LogP contribution in [0.3, 0.4) is 0 Å². The van der Waals surface area contributed by atoms with Crippen molar-refractivity contribution in [2.24, 2.45) is 0 Å². The van der Waals surface area contributed by atoms with Gasteiger partial charge in [-0.2, -0.15) is 0 Å². The SMILES string of the molecule is [2H]C([2H])([2H])c1cnc(C(=O)O)nc1-c1ccccc1F. The summed E-state index contributed by atoms with van der Waals surface area (Å²) in [6.07, 6.45) is 0.894.